The number of carbonyl (C=O) groups is 3. The van der Waals surface area contributed by atoms with E-state index in [4.69, 9.17) is 9.84 Å². The van der Waals surface area contributed by atoms with Gasteiger partial charge in [-0.1, -0.05) is 18.9 Å². The van der Waals surface area contributed by atoms with Gasteiger partial charge in [-0.25, -0.2) is 4.79 Å². The molecule has 7 nitrogen and oxygen atoms in total. The highest BCUT2D eigenvalue weighted by atomic mass is 16.8. The number of nitrogens with zero attached hydrogens (tertiary/aromatic N) is 1. The van der Waals surface area contributed by atoms with Crippen molar-refractivity contribution >= 4 is 18.0 Å². The summed E-state index contributed by atoms with van der Waals surface area (Å²) in [6.07, 6.45) is -1.32. The molecule has 2 amide bonds. The average molecular weight is 259 g/mol. The zero-order valence-corrected chi connectivity index (χ0v) is 10.4. The van der Waals surface area contributed by atoms with Crippen LogP contribution in [0.1, 0.15) is 26.7 Å². The first-order valence-corrected chi connectivity index (χ1v) is 5.77. The normalized spacial score (nSPS) is 19.7. The van der Waals surface area contributed by atoms with E-state index in [9.17, 15) is 14.4 Å². The molecule has 1 atom stereocenters. The lowest BCUT2D eigenvalue weighted by molar-refractivity contribution is -0.176. The third-order valence-corrected chi connectivity index (χ3v) is 2.43. The highest BCUT2D eigenvalue weighted by Crippen LogP contribution is 2.23. The van der Waals surface area contributed by atoms with E-state index in [2.05, 4.69) is 4.84 Å². The van der Waals surface area contributed by atoms with Crippen LogP contribution in [0.15, 0.2) is 0 Å². The molecule has 0 aromatic heterocycles. The number of hydrogen-bond donors (Lipinski definition) is 1. The molecule has 0 radical (unpaired) electrons. The molecule has 1 saturated heterocycles. The van der Waals surface area contributed by atoms with E-state index >= 15 is 0 Å². The van der Waals surface area contributed by atoms with Crippen molar-refractivity contribution in [3.05, 3.63) is 0 Å². The molecular weight excluding hydrogens is 242 g/mol. The molecular formula is C11H17NO6. The maximum atomic E-state index is 11.6. The first kappa shape index (κ1) is 14.4. The fraction of sp³-hybridized carbons (Fsp3) is 0.727. The molecule has 1 fully saturated rings. The highest BCUT2D eigenvalue weighted by Gasteiger charge is 2.41. The van der Waals surface area contributed by atoms with Crippen molar-refractivity contribution in [3.63, 3.8) is 0 Å². The van der Waals surface area contributed by atoms with Gasteiger partial charge in [0.25, 0.3) is 11.8 Å². The predicted octanol–water partition coefficient (Wildman–Crippen LogP) is 1.03. The second kappa shape index (κ2) is 6.34. The van der Waals surface area contributed by atoms with Crippen LogP contribution in [-0.2, 0) is 19.2 Å². The molecule has 1 aliphatic heterocycles. The van der Waals surface area contributed by atoms with E-state index in [1.54, 1.807) is 0 Å². The van der Waals surface area contributed by atoms with Crippen LogP contribution < -0.4 is 0 Å². The van der Waals surface area contributed by atoms with Crippen LogP contribution in [0.4, 0.5) is 4.79 Å². The number of carboxylic acid groups (broad SMARTS) is 1. The Balaban J connectivity index is 2.38. The molecule has 0 aliphatic carbocycles. The molecule has 0 bridgehead atoms. The average Bonchev–Trinajstić information content (AvgIpc) is 2.51. The fourth-order valence-electron chi connectivity index (χ4n) is 1.61. The Morgan fingerprint density at radius 3 is 2.72 bits per heavy atom. The topological polar surface area (TPSA) is 93.1 Å². The molecule has 1 unspecified atom stereocenters. The minimum absolute atomic E-state index is 0.0306. The van der Waals surface area contributed by atoms with Crippen molar-refractivity contribution in [2.45, 2.75) is 26.7 Å². The Labute approximate surface area is 105 Å². The molecule has 18 heavy (non-hydrogen) atoms. The zero-order chi connectivity index (χ0) is 13.7. The van der Waals surface area contributed by atoms with Gasteiger partial charge in [0.05, 0.1) is 5.92 Å². The Bertz CT molecular complexity index is 340. The number of imide groups is 1. The monoisotopic (exact) mass is 259 g/mol. The van der Waals surface area contributed by atoms with Crippen molar-refractivity contribution in [2.75, 3.05) is 13.2 Å². The molecule has 0 saturated carbocycles. The van der Waals surface area contributed by atoms with Crippen molar-refractivity contribution in [1.82, 2.24) is 5.06 Å². The van der Waals surface area contributed by atoms with Gasteiger partial charge in [-0.05, 0) is 12.3 Å². The molecule has 1 N–H and O–H groups in total. The van der Waals surface area contributed by atoms with E-state index in [0.717, 1.165) is 0 Å². The van der Waals surface area contributed by atoms with Crippen molar-refractivity contribution in [3.8, 4) is 0 Å². The fourth-order valence-corrected chi connectivity index (χ4v) is 1.61. The second-order valence-corrected chi connectivity index (χ2v) is 4.54. The van der Waals surface area contributed by atoms with Crippen LogP contribution in [-0.4, -0.2) is 41.4 Å². The number of carbonyl (C=O) groups excluding carboxylic acids is 2. The van der Waals surface area contributed by atoms with E-state index in [0.29, 0.717) is 30.6 Å². The maximum absolute atomic E-state index is 11.6. The minimum Gasteiger partial charge on any atom is -0.448 e. The number of ether oxygens (including phenoxy) is 1. The lowest BCUT2D eigenvalue weighted by Gasteiger charge is -2.11. The summed E-state index contributed by atoms with van der Waals surface area (Å²) in [5.74, 6) is -1.39. The van der Waals surface area contributed by atoms with Crippen molar-refractivity contribution in [2.24, 2.45) is 11.8 Å². The van der Waals surface area contributed by atoms with Gasteiger partial charge in [0.15, 0.2) is 0 Å². The quantitative estimate of drug-likeness (QED) is 0.565. The Kier molecular flexibility index (Phi) is 5.08. The van der Waals surface area contributed by atoms with E-state index < -0.39 is 23.9 Å². The van der Waals surface area contributed by atoms with Gasteiger partial charge in [0.1, 0.15) is 0 Å². The third-order valence-electron chi connectivity index (χ3n) is 2.43. The van der Waals surface area contributed by atoms with Crippen LogP contribution in [0.5, 0.6) is 0 Å². The van der Waals surface area contributed by atoms with Crippen LogP contribution in [0.2, 0.25) is 0 Å². The number of hydroxylamine groups is 2. The van der Waals surface area contributed by atoms with Crippen LogP contribution >= 0.6 is 0 Å². The standard InChI is InChI=1S/C11H17NO6/c1-7(2)6-17-4-3-8-5-9(13)12(10(8)14)18-11(15)16/h7-8H,3-6H2,1-2H3,(H,15,16). The molecule has 7 heteroatoms. The predicted molar refractivity (Wildman–Crippen MR) is 59.3 cm³/mol. The Morgan fingerprint density at radius 2 is 2.17 bits per heavy atom. The minimum atomic E-state index is -1.67. The first-order chi connectivity index (χ1) is 8.41. The van der Waals surface area contributed by atoms with Gasteiger partial charge < -0.3 is 9.84 Å². The van der Waals surface area contributed by atoms with Crippen LogP contribution in [0.3, 0.4) is 0 Å². The molecule has 1 heterocycles. The molecule has 1 aliphatic rings. The lowest BCUT2D eigenvalue weighted by Crippen LogP contribution is -2.33. The number of amides is 2. The summed E-state index contributed by atoms with van der Waals surface area (Å²) in [5.41, 5.74) is 0. The molecule has 1 rings (SSSR count). The second-order valence-electron chi connectivity index (χ2n) is 4.54. The zero-order valence-electron chi connectivity index (χ0n) is 10.4. The summed E-state index contributed by atoms with van der Waals surface area (Å²) in [7, 11) is 0. The summed E-state index contributed by atoms with van der Waals surface area (Å²) >= 11 is 0. The van der Waals surface area contributed by atoms with Gasteiger partial charge in [-0.3, -0.25) is 14.4 Å². The van der Waals surface area contributed by atoms with E-state index in [1.165, 1.54) is 0 Å². The third kappa shape index (κ3) is 3.99. The summed E-state index contributed by atoms with van der Waals surface area (Å²) in [6.45, 7) is 4.96. The van der Waals surface area contributed by atoms with E-state index in [-0.39, 0.29) is 6.42 Å². The van der Waals surface area contributed by atoms with Gasteiger partial charge >= 0.3 is 6.16 Å². The first-order valence-electron chi connectivity index (χ1n) is 5.77. The number of rotatable bonds is 6. The van der Waals surface area contributed by atoms with Gasteiger partial charge in [0.2, 0.25) is 0 Å². The molecule has 102 valence electrons. The summed E-state index contributed by atoms with van der Waals surface area (Å²) in [6, 6.07) is 0. The Morgan fingerprint density at radius 1 is 1.50 bits per heavy atom. The lowest BCUT2D eigenvalue weighted by atomic mass is 10.1. The van der Waals surface area contributed by atoms with Gasteiger partial charge in [-0.2, -0.15) is 0 Å². The number of hydrogen-bond acceptors (Lipinski definition) is 5. The molecule has 0 spiro atoms. The van der Waals surface area contributed by atoms with Gasteiger partial charge in [0, 0.05) is 19.6 Å². The van der Waals surface area contributed by atoms with Crippen molar-refractivity contribution in [1.29, 1.82) is 0 Å². The van der Waals surface area contributed by atoms with E-state index in [1.807, 2.05) is 13.8 Å². The van der Waals surface area contributed by atoms with Crippen LogP contribution in [0.25, 0.3) is 0 Å². The highest BCUT2D eigenvalue weighted by molar-refractivity contribution is 6.02. The molecule has 0 aromatic carbocycles. The summed E-state index contributed by atoms with van der Waals surface area (Å²) < 4.78 is 5.32. The van der Waals surface area contributed by atoms with Crippen LogP contribution in [0, 0.1) is 11.8 Å². The maximum Gasteiger partial charge on any atom is 0.531 e. The largest absolute Gasteiger partial charge is 0.531 e. The molecule has 0 aromatic rings. The van der Waals surface area contributed by atoms with Gasteiger partial charge in [-0.15, -0.1) is 0 Å². The summed E-state index contributed by atoms with van der Waals surface area (Å²) in [4.78, 5) is 37.4. The smallest absolute Gasteiger partial charge is 0.448 e. The summed E-state index contributed by atoms with van der Waals surface area (Å²) in [5, 5.41) is 8.69. The van der Waals surface area contributed by atoms with Crippen molar-refractivity contribution < 1.29 is 29.1 Å². The Hall–Kier alpha value is -1.63. The SMILES string of the molecule is CC(C)COCCC1CC(=O)N(OC(=O)O)C1=O.